The van der Waals surface area contributed by atoms with Crippen LogP contribution >= 0.6 is 11.3 Å². The lowest BCUT2D eigenvalue weighted by Crippen LogP contribution is -2.43. The third kappa shape index (κ3) is 3.52. The van der Waals surface area contributed by atoms with Gasteiger partial charge in [-0.25, -0.2) is 4.79 Å². The minimum absolute atomic E-state index is 0.0156. The third-order valence-corrected chi connectivity index (χ3v) is 5.37. The Morgan fingerprint density at radius 3 is 2.83 bits per heavy atom. The van der Waals surface area contributed by atoms with Gasteiger partial charge < -0.3 is 15.0 Å². The van der Waals surface area contributed by atoms with Crippen LogP contribution in [0.4, 0.5) is 4.79 Å². The molecular formula is C17H24N2O3S. The summed E-state index contributed by atoms with van der Waals surface area (Å²) in [5.74, 6) is -0.0552. The van der Waals surface area contributed by atoms with Crippen molar-refractivity contribution < 1.29 is 14.3 Å². The van der Waals surface area contributed by atoms with Crippen LogP contribution in [0.15, 0.2) is 17.5 Å². The molecule has 2 aliphatic heterocycles. The summed E-state index contributed by atoms with van der Waals surface area (Å²) in [6.07, 6.45) is 2.33. The Labute approximate surface area is 141 Å². The van der Waals surface area contributed by atoms with Crippen LogP contribution in [-0.2, 0) is 16.1 Å². The van der Waals surface area contributed by atoms with Crippen molar-refractivity contribution in [1.29, 1.82) is 0 Å². The maximum absolute atomic E-state index is 12.5. The van der Waals surface area contributed by atoms with Gasteiger partial charge in [0.05, 0.1) is 12.5 Å². The molecule has 2 amide bonds. The van der Waals surface area contributed by atoms with Gasteiger partial charge in [-0.3, -0.25) is 4.79 Å². The molecule has 0 radical (unpaired) electrons. The lowest BCUT2D eigenvalue weighted by Gasteiger charge is -2.28. The molecule has 1 aromatic heterocycles. The maximum atomic E-state index is 12.5. The molecular weight excluding hydrogens is 312 g/mol. The van der Waals surface area contributed by atoms with Gasteiger partial charge in [0.1, 0.15) is 5.60 Å². The molecule has 1 N–H and O–H groups in total. The van der Waals surface area contributed by atoms with Gasteiger partial charge in [-0.15, -0.1) is 11.3 Å². The first-order chi connectivity index (χ1) is 10.8. The largest absolute Gasteiger partial charge is 0.444 e. The number of thiophene rings is 1. The van der Waals surface area contributed by atoms with Crippen LogP contribution in [0.1, 0.15) is 44.9 Å². The number of fused-ring (bicyclic) bond motifs is 2. The first kappa shape index (κ1) is 16.3. The molecule has 3 rings (SSSR count). The Bertz CT molecular complexity index is 579. The zero-order valence-electron chi connectivity index (χ0n) is 13.9. The van der Waals surface area contributed by atoms with Crippen molar-refractivity contribution in [3.05, 3.63) is 22.4 Å². The van der Waals surface area contributed by atoms with Gasteiger partial charge in [-0.1, -0.05) is 6.07 Å². The van der Waals surface area contributed by atoms with Crippen LogP contribution in [0.2, 0.25) is 0 Å². The van der Waals surface area contributed by atoms with E-state index in [-0.39, 0.29) is 30.0 Å². The molecule has 3 heterocycles. The molecule has 0 spiro atoms. The van der Waals surface area contributed by atoms with Crippen molar-refractivity contribution in [3.8, 4) is 0 Å². The van der Waals surface area contributed by atoms with Gasteiger partial charge in [-0.2, -0.15) is 0 Å². The third-order valence-electron chi connectivity index (χ3n) is 4.49. The predicted molar refractivity (Wildman–Crippen MR) is 89.2 cm³/mol. The van der Waals surface area contributed by atoms with Gasteiger partial charge in [-0.05, 0) is 51.5 Å². The minimum Gasteiger partial charge on any atom is -0.444 e. The molecule has 2 fully saturated rings. The van der Waals surface area contributed by atoms with E-state index in [1.54, 1.807) is 16.2 Å². The summed E-state index contributed by atoms with van der Waals surface area (Å²) in [7, 11) is 0. The molecule has 0 aromatic carbocycles. The summed E-state index contributed by atoms with van der Waals surface area (Å²) >= 11 is 1.64. The molecule has 23 heavy (non-hydrogen) atoms. The summed E-state index contributed by atoms with van der Waals surface area (Å²) in [4.78, 5) is 27.9. The van der Waals surface area contributed by atoms with Gasteiger partial charge in [0.25, 0.3) is 0 Å². The fourth-order valence-electron chi connectivity index (χ4n) is 3.59. The fraction of sp³-hybridized carbons (Fsp3) is 0.647. The van der Waals surface area contributed by atoms with E-state index in [9.17, 15) is 9.59 Å². The van der Waals surface area contributed by atoms with E-state index in [1.807, 2.05) is 38.3 Å². The topological polar surface area (TPSA) is 58.6 Å². The summed E-state index contributed by atoms with van der Waals surface area (Å²) in [5, 5.41) is 5.02. The summed E-state index contributed by atoms with van der Waals surface area (Å²) in [5.41, 5.74) is -0.504. The smallest absolute Gasteiger partial charge is 0.410 e. The Balaban J connectivity index is 1.60. The number of rotatable bonds is 3. The highest BCUT2D eigenvalue weighted by Crippen LogP contribution is 2.42. The highest BCUT2D eigenvalue weighted by Gasteiger charge is 2.52. The van der Waals surface area contributed by atoms with Crippen molar-refractivity contribution in [2.45, 2.75) is 64.3 Å². The number of amides is 2. The molecule has 126 valence electrons. The fourth-order valence-corrected chi connectivity index (χ4v) is 4.23. The molecule has 1 aromatic rings. The molecule has 2 saturated heterocycles. The summed E-state index contributed by atoms with van der Waals surface area (Å²) in [6.45, 7) is 6.17. The summed E-state index contributed by atoms with van der Waals surface area (Å²) in [6, 6.07) is 4.12. The van der Waals surface area contributed by atoms with Crippen LogP contribution in [0.5, 0.6) is 0 Å². The van der Waals surface area contributed by atoms with Crippen molar-refractivity contribution >= 4 is 23.3 Å². The molecule has 3 atom stereocenters. The molecule has 0 aliphatic carbocycles. The molecule has 2 bridgehead atoms. The highest BCUT2D eigenvalue weighted by molar-refractivity contribution is 7.09. The first-order valence-corrected chi connectivity index (χ1v) is 9.04. The lowest BCUT2D eigenvalue weighted by atomic mass is 9.88. The molecule has 0 saturated carbocycles. The molecule has 6 heteroatoms. The minimum atomic E-state index is -0.504. The predicted octanol–water partition coefficient (Wildman–Crippen LogP) is 3.15. The van der Waals surface area contributed by atoms with E-state index in [0.29, 0.717) is 6.54 Å². The van der Waals surface area contributed by atoms with Crippen molar-refractivity contribution in [2.75, 3.05) is 0 Å². The Morgan fingerprint density at radius 2 is 2.17 bits per heavy atom. The Kier molecular flexibility index (Phi) is 4.36. The second-order valence-corrected chi connectivity index (χ2v) is 8.36. The quantitative estimate of drug-likeness (QED) is 0.922. The molecule has 2 aliphatic rings. The SMILES string of the molecule is CC(C)(C)OC(=O)N1[C@H]2CC[C@H]1[C@H](C(=O)NCc1cccs1)C2. The normalized spacial score (nSPS) is 26.4. The Hall–Kier alpha value is -1.56. The standard InChI is InChI=1S/C17H24N2O3S/c1-17(2,3)22-16(21)19-11-6-7-14(19)13(9-11)15(20)18-10-12-5-4-8-23-12/h4-5,8,11,13-14H,6-7,9-10H2,1-3H3,(H,18,20)/t11-,13+,14-/m0/s1. The average Bonchev–Trinajstić information content (AvgIpc) is 3.17. The highest BCUT2D eigenvalue weighted by atomic mass is 32.1. The van der Waals surface area contributed by atoms with E-state index in [4.69, 9.17) is 4.74 Å². The van der Waals surface area contributed by atoms with Crippen LogP contribution in [0.3, 0.4) is 0 Å². The van der Waals surface area contributed by atoms with Gasteiger partial charge in [0.2, 0.25) is 5.91 Å². The molecule has 0 unspecified atom stereocenters. The number of hydrogen-bond acceptors (Lipinski definition) is 4. The van der Waals surface area contributed by atoms with E-state index in [2.05, 4.69) is 5.32 Å². The number of nitrogens with one attached hydrogen (secondary N) is 1. The lowest BCUT2D eigenvalue weighted by molar-refractivity contribution is -0.126. The number of hydrogen-bond donors (Lipinski definition) is 1. The van der Waals surface area contributed by atoms with E-state index < -0.39 is 5.60 Å². The number of ether oxygens (including phenoxy) is 1. The zero-order valence-corrected chi connectivity index (χ0v) is 14.7. The van der Waals surface area contributed by atoms with Gasteiger partial charge in [0.15, 0.2) is 0 Å². The van der Waals surface area contributed by atoms with Crippen molar-refractivity contribution in [3.63, 3.8) is 0 Å². The van der Waals surface area contributed by atoms with E-state index >= 15 is 0 Å². The maximum Gasteiger partial charge on any atom is 0.410 e. The number of carbonyl (C=O) groups excluding carboxylic acids is 2. The van der Waals surface area contributed by atoms with E-state index in [1.165, 1.54) is 0 Å². The summed E-state index contributed by atoms with van der Waals surface area (Å²) < 4.78 is 5.51. The average molecular weight is 336 g/mol. The van der Waals surface area contributed by atoms with Crippen LogP contribution in [-0.4, -0.2) is 34.6 Å². The monoisotopic (exact) mass is 336 g/mol. The molecule has 5 nitrogen and oxygen atoms in total. The van der Waals surface area contributed by atoms with Crippen LogP contribution in [0.25, 0.3) is 0 Å². The van der Waals surface area contributed by atoms with Crippen LogP contribution < -0.4 is 5.32 Å². The zero-order chi connectivity index (χ0) is 16.6. The second-order valence-electron chi connectivity index (χ2n) is 7.33. The number of carbonyl (C=O) groups is 2. The second kappa shape index (κ2) is 6.15. The Morgan fingerprint density at radius 1 is 1.39 bits per heavy atom. The van der Waals surface area contributed by atoms with Gasteiger partial charge >= 0.3 is 6.09 Å². The van der Waals surface area contributed by atoms with E-state index in [0.717, 1.165) is 24.1 Å². The van der Waals surface area contributed by atoms with Crippen molar-refractivity contribution in [2.24, 2.45) is 5.92 Å². The number of nitrogens with zero attached hydrogens (tertiary/aromatic N) is 1. The van der Waals surface area contributed by atoms with Gasteiger partial charge in [0, 0.05) is 17.0 Å². The first-order valence-electron chi connectivity index (χ1n) is 8.16. The van der Waals surface area contributed by atoms with Crippen LogP contribution in [0, 0.1) is 5.92 Å². The van der Waals surface area contributed by atoms with Crippen molar-refractivity contribution in [1.82, 2.24) is 10.2 Å².